The standard InChI is InChI=1S/C25H23N3O6/c1-14(2)33-17-6-4-16(5-7-17)28-20-9-8-18(34-22-10-3-15(26)13-27-22)11-19(20)24(25(31)32)21(28)12-23(29)30/h3-11,13-14H,12,26H2,1-2H3,(H,29,30)(H,31,32). The van der Waals surface area contributed by atoms with Crippen molar-refractivity contribution >= 4 is 28.5 Å². The van der Waals surface area contributed by atoms with Crippen LogP contribution in [-0.2, 0) is 11.2 Å². The Morgan fingerprint density at radius 1 is 1.03 bits per heavy atom. The van der Waals surface area contributed by atoms with Crippen molar-refractivity contribution in [1.29, 1.82) is 0 Å². The lowest BCUT2D eigenvalue weighted by Crippen LogP contribution is -2.11. The number of carbonyl (C=O) groups is 2. The summed E-state index contributed by atoms with van der Waals surface area (Å²) in [7, 11) is 0. The van der Waals surface area contributed by atoms with Gasteiger partial charge in [0.25, 0.3) is 0 Å². The summed E-state index contributed by atoms with van der Waals surface area (Å²) in [6.45, 7) is 3.83. The van der Waals surface area contributed by atoms with Crippen molar-refractivity contribution in [2.75, 3.05) is 5.73 Å². The van der Waals surface area contributed by atoms with Crippen LogP contribution in [0.2, 0.25) is 0 Å². The number of aliphatic carboxylic acids is 1. The first-order chi connectivity index (χ1) is 16.2. The molecule has 0 radical (unpaired) electrons. The molecule has 0 bridgehead atoms. The van der Waals surface area contributed by atoms with Gasteiger partial charge in [0.15, 0.2) is 0 Å². The molecule has 0 fully saturated rings. The fraction of sp³-hybridized carbons (Fsp3) is 0.160. The van der Waals surface area contributed by atoms with E-state index in [2.05, 4.69) is 4.98 Å². The number of hydrogen-bond acceptors (Lipinski definition) is 6. The van der Waals surface area contributed by atoms with Crippen molar-refractivity contribution in [2.24, 2.45) is 0 Å². The molecule has 0 aliphatic rings. The Kier molecular flexibility index (Phi) is 6.09. The maximum Gasteiger partial charge on any atom is 0.338 e. The number of nitrogens with two attached hydrogens (primary N) is 1. The van der Waals surface area contributed by atoms with Crippen LogP contribution in [0, 0.1) is 0 Å². The number of benzene rings is 2. The topological polar surface area (TPSA) is 137 Å². The number of ether oxygens (including phenoxy) is 2. The molecule has 2 aromatic carbocycles. The largest absolute Gasteiger partial charge is 0.491 e. The number of hydrogen-bond donors (Lipinski definition) is 3. The first kappa shape index (κ1) is 22.7. The molecule has 2 heterocycles. The van der Waals surface area contributed by atoms with Crippen LogP contribution in [0.5, 0.6) is 17.4 Å². The van der Waals surface area contributed by atoms with Gasteiger partial charge < -0.3 is 30.0 Å². The minimum Gasteiger partial charge on any atom is -0.491 e. The second kappa shape index (κ2) is 9.14. The SMILES string of the molecule is CC(C)Oc1ccc(-n2c(CC(=O)O)c(C(=O)O)c3cc(Oc4ccc(N)cn4)ccc32)cc1. The molecule has 34 heavy (non-hydrogen) atoms. The Bertz CT molecular complexity index is 1360. The number of nitrogen functional groups attached to an aromatic ring is 1. The zero-order valence-corrected chi connectivity index (χ0v) is 18.6. The third-order valence-electron chi connectivity index (χ3n) is 5.02. The van der Waals surface area contributed by atoms with E-state index in [0.29, 0.717) is 33.8 Å². The molecule has 0 aliphatic heterocycles. The van der Waals surface area contributed by atoms with E-state index in [1.54, 1.807) is 59.2 Å². The van der Waals surface area contributed by atoms with E-state index in [4.69, 9.17) is 15.2 Å². The number of anilines is 1. The van der Waals surface area contributed by atoms with Gasteiger partial charge in [-0.2, -0.15) is 0 Å². The van der Waals surface area contributed by atoms with Gasteiger partial charge in [-0.15, -0.1) is 0 Å². The zero-order chi connectivity index (χ0) is 24.4. The number of nitrogens with zero attached hydrogens (tertiary/aromatic N) is 2. The predicted octanol–water partition coefficient (Wildman–Crippen LogP) is 4.51. The lowest BCUT2D eigenvalue weighted by Gasteiger charge is -2.13. The number of carboxylic acid groups (broad SMARTS) is 2. The third kappa shape index (κ3) is 4.63. The Morgan fingerprint density at radius 2 is 1.74 bits per heavy atom. The van der Waals surface area contributed by atoms with E-state index in [1.807, 2.05) is 13.8 Å². The molecule has 9 nitrogen and oxygen atoms in total. The highest BCUT2D eigenvalue weighted by Gasteiger charge is 2.25. The molecule has 0 saturated heterocycles. The molecule has 2 aromatic heterocycles. The number of pyridine rings is 1. The van der Waals surface area contributed by atoms with Crippen molar-refractivity contribution < 1.29 is 29.3 Å². The molecule has 0 unspecified atom stereocenters. The molecule has 0 amide bonds. The lowest BCUT2D eigenvalue weighted by molar-refractivity contribution is -0.136. The predicted molar refractivity (Wildman–Crippen MR) is 126 cm³/mol. The molecule has 4 N–H and O–H groups in total. The third-order valence-corrected chi connectivity index (χ3v) is 5.02. The Morgan fingerprint density at radius 3 is 2.32 bits per heavy atom. The van der Waals surface area contributed by atoms with Crippen molar-refractivity contribution in [3.8, 4) is 23.1 Å². The monoisotopic (exact) mass is 461 g/mol. The van der Waals surface area contributed by atoms with Gasteiger partial charge in [0, 0.05) is 22.8 Å². The lowest BCUT2D eigenvalue weighted by atomic mass is 10.1. The van der Waals surface area contributed by atoms with Crippen molar-refractivity contribution in [3.63, 3.8) is 0 Å². The molecule has 0 aliphatic carbocycles. The van der Waals surface area contributed by atoms with Crippen molar-refractivity contribution in [1.82, 2.24) is 9.55 Å². The minimum atomic E-state index is -1.23. The van der Waals surface area contributed by atoms with Crippen LogP contribution in [0.15, 0.2) is 60.8 Å². The average Bonchev–Trinajstić information content (AvgIpc) is 3.08. The molecule has 174 valence electrons. The maximum absolute atomic E-state index is 12.3. The quantitative estimate of drug-likeness (QED) is 0.348. The van der Waals surface area contributed by atoms with Gasteiger partial charge >= 0.3 is 11.9 Å². The van der Waals surface area contributed by atoms with E-state index < -0.39 is 18.4 Å². The van der Waals surface area contributed by atoms with Gasteiger partial charge in [-0.1, -0.05) is 0 Å². The van der Waals surface area contributed by atoms with Crippen LogP contribution in [0.25, 0.3) is 16.6 Å². The van der Waals surface area contributed by atoms with Crippen LogP contribution in [-0.4, -0.2) is 37.8 Å². The highest BCUT2D eigenvalue weighted by molar-refractivity contribution is 6.07. The van der Waals surface area contributed by atoms with Crippen LogP contribution >= 0.6 is 0 Å². The summed E-state index contributed by atoms with van der Waals surface area (Å²) in [5.41, 5.74) is 7.32. The fourth-order valence-corrected chi connectivity index (χ4v) is 3.75. The summed E-state index contributed by atoms with van der Waals surface area (Å²) in [6.07, 6.45) is 0.967. The van der Waals surface area contributed by atoms with E-state index in [0.717, 1.165) is 0 Å². The average molecular weight is 461 g/mol. The van der Waals surface area contributed by atoms with Gasteiger partial charge in [0.1, 0.15) is 11.5 Å². The molecule has 0 saturated carbocycles. The van der Waals surface area contributed by atoms with Gasteiger partial charge in [0.2, 0.25) is 5.88 Å². The Labute approximate surface area is 195 Å². The maximum atomic E-state index is 12.3. The van der Waals surface area contributed by atoms with E-state index in [1.165, 1.54) is 6.20 Å². The number of aromatic carboxylic acids is 1. The van der Waals surface area contributed by atoms with Crippen LogP contribution in [0.4, 0.5) is 5.69 Å². The van der Waals surface area contributed by atoms with E-state index >= 15 is 0 Å². The van der Waals surface area contributed by atoms with Crippen LogP contribution in [0.3, 0.4) is 0 Å². The Balaban J connectivity index is 1.87. The summed E-state index contributed by atoms with van der Waals surface area (Å²) in [5.74, 6) is -1.08. The van der Waals surface area contributed by atoms with Crippen molar-refractivity contribution in [2.45, 2.75) is 26.4 Å². The summed E-state index contributed by atoms with van der Waals surface area (Å²) < 4.78 is 13.1. The highest BCUT2D eigenvalue weighted by atomic mass is 16.5. The summed E-state index contributed by atoms with van der Waals surface area (Å²) in [4.78, 5) is 28.0. The van der Waals surface area contributed by atoms with Gasteiger partial charge in [0.05, 0.1) is 35.5 Å². The molecular weight excluding hydrogens is 438 g/mol. The summed E-state index contributed by atoms with van der Waals surface area (Å²) in [6, 6.07) is 15.2. The number of fused-ring (bicyclic) bond motifs is 1. The highest BCUT2D eigenvalue weighted by Crippen LogP contribution is 2.34. The molecule has 4 rings (SSSR count). The van der Waals surface area contributed by atoms with Crippen molar-refractivity contribution in [3.05, 3.63) is 72.1 Å². The van der Waals surface area contributed by atoms with Crippen LogP contribution < -0.4 is 15.2 Å². The summed E-state index contributed by atoms with van der Waals surface area (Å²) in [5, 5.41) is 19.9. The fourth-order valence-electron chi connectivity index (χ4n) is 3.75. The second-order valence-electron chi connectivity index (χ2n) is 7.90. The molecule has 4 aromatic rings. The van der Waals surface area contributed by atoms with Crippen LogP contribution in [0.1, 0.15) is 29.9 Å². The van der Waals surface area contributed by atoms with Gasteiger partial charge in [-0.25, -0.2) is 9.78 Å². The minimum absolute atomic E-state index is 0.00610. The van der Waals surface area contributed by atoms with E-state index in [-0.39, 0.29) is 23.2 Å². The first-order valence-corrected chi connectivity index (χ1v) is 10.5. The van der Waals surface area contributed by atoms with Gasteiger partial charge in [-0.05, 0) is 62.4 Å². The van der Waals surface area contributed by atoms with Gasteiger partial charge in [-0.3, -0.25) is 4.79 Å². The number of aromatic nitrogens is 2. The zero-order valence-electron chi connectivity index (χ0n) is 18.6. The van der Waals surface area contributed by atoms with E-state index in [9.17, 15) is 19.8 Å². The molecule has 0 spiro atoms. The Hall–Kier alpha value is -4.53. The first-order valence-electron chi connectivity index (χ1n) is 10.5. The molecular formula is C25H23N3O6. The number of carboxylic acids is 2. The molecule has 0 atom stereocenters. The molecule has 9 heteroatoms. The second-order valence-corrected chi connectivity index (χ2v) is 7.90. The smallest absolute Gasteiger partial charge is 0.338 e. The number of rotatable bonds is 8. The normalized spacial score (nSPS) is 11.0. The summed E-state index contributed by atoms with van der Waals surface area (Å²) >= 11 is 0.